The Kier molecular flexibility index (Phi) is 5.26. The van der Waals surface area contributed by atoms with Gasteiger partial charge in [0, 0.05) is 13.2 Å². The van der Waals surface area contributed by atoms with Crippen molar-refractivity contribution in [1.82, 2.24) is 9.97 Å². The van der Waals surface area contributed by atoms with Gasteiger partial charge in [0.2, 0.25) is 5.82 Å². The molecule has 1 aliphatic rings. The molecule has 116 valence electrons. The van der Waals surface area contributed by atoms with Crippen molar-refractivity contribution in [1.29, 1.82) is 0 Å². The van der Waals surface area contributed by atoms with Crippen molar-refractivity contribution < 1.29 is 14.4 Å². The molecular weight excluding hydrogens is 276 g/mol. The lowest BCUT2D eigenvalue weighted by Crippen LogP contribution is -2.20. The molecule has 1 N–H and O–H groups in total. The summed E-state index contributed by atoms with van der Waals surface area (Å²) in [7, 11) is 0. The van der Waals surface area contributed by atoms with E-state index in [2.05, 4.69) is 15.3 Å². The van der Waals surface area contributed by atoms with Crippen LogP contribution in [0.1, 0.15) is 32.0 Å². The third kappa shape index (κ3) is 4.01. The van der Waals surface area contributed by atoms with Crippen LogP contribution in [0.15, 0.2) is 0 Å². The molecule has 1 atom stereocenters. The highest BCUT2D eigenvalue weighted by atomic mass is 16.6. The highest BCUT2D eigenvalue weighted by molar-refractivity contribution is 5.61. The van der Waals surface area contributed by atoms with Crippen molar-refractivity contribution in [3.8, 4) is 5.88 Å². The van der Waals surface area contributed by atoms with E-state index in [4.69, 9.17) is 9.47 Å². The third-order valence-corrected chi connectivity index (χ3v) is 3.11. The molecule has 1 aliphatic heterocycles. The van der Waals surface area contributed by atoms with Crippen molar-refractivity contribution >= 4 is 11.5 Å². The SMILES string of the molecule is CCCOc1nc(C)nc(NCC2CCCO2)c1[N+](=O)[O-]. The van der Waals surface area contributed by atoms with E-state index in [-0.39, 0.29) is 23.5 Å². The van der Waals surface area contributed by atoms with Gasteiger partial charge in [-0.1, -0.05) is 6.92 Å². The minimum Gasteiger partial charge on any atom is -0.473 e. The number of anilines is 1. The number of ether oxygens (including phenoxy) is 2. The van der Waals surface area contributed by atoms with Gasteiger partial charge in [-0.2, -0.15) is 4.98 Å². The Morgan fingerprint density at radius 3 is 2.95 bits per heavy atom. The predicted octanol–water partition coefficient (Wildman–Crippen LogP) is 2.07. The van der Waals surface area contributed by atoms with E-state index < -0.39 is 4.92 Å². The van der Waals surface area contributed by atoms with Gasteiger partial charge >= 0.3 is 5.69 Å². The lowest BCUT2D eigenvalue weighted by molar-refractivity contribution is -0.385. The number of aromatic nitrogens is 2. The summed E-state index contributed by atoms with van der Waals surface area (Å²) >= 11 is 0. The second-order valence-corrected chi connectivity index (χ2v) is 4.89. The Morgan fingerprint density at radius 1 is 1.52 bits per heavy atom. The number of hydrogen-bond donors (Lipinski definition) is 1. The van der Waals surface area contributed by atoms with E-state index in [9.17, 15) is 10.1 Å². The maximum Gasteiger partial charge on any atom is 0.372 e. The van der Waals surface area contributed by atoms with Gasteiger partial charge in [-0.15, -0.1) is 0 Å². The molecule has 1 unspecified atom stereocenters. The van der Waals surface area contributed by atoms with Gasteiger partial charge in [-0.3, -0.25) is 10.1 Å². The van der Waals surface area contributed by atoms with Crippen LogP contribution >= 0.6 is 0 Å². The third-order valence-electron chi connectivity index (χ3n) is 3.11. The molecule has 2 rings (SSSR count). The van der Waals surface area contributed by atoms with Crippen molar-refractivity contribution in [2.45, 2.75) is 39.2 Å². The molecule has 0 radical (unpaired) electrons. The standard InChI is InChI=1S/C13H20N4O4/c1-3-6-21-13-11(17(18)19)12(15-9(2)16-13)14-8-10-5-4-7-20-10/h10H,3-8H2,1-2H3,(H,14,15,16). The van der Waals surface area contributed by atoms with Crippen LogP contribution in [0.3, 0.4) is 0 Å². The molecule has 0 bridgehead atoms. The molecule has 0 saturated carbocycles. The maximum atomic E-state index is 11.3. The number of rotatable bonds is 7. The average molecular weight is 296 g/mol. The van der Waals surface area contributed by atoms with E-state index in [0.717, 1.165) is 25.9 Å². The van der Waals surface area contributed by atoms with Gasteiger partial charge in [0.1, 0.15) is 5.82 Å². The van der Waals surface area contributed by atoms with Crippen LogP contribution in [0.4, 0.5) is 11.5 Å². The first-order valence-electron chi connectivity index (χ1n) is 7.13. The minimum atomic E-state index is -0.512. The summed E-state index contributed by atoms with van der Waals surface area (Å²) in [6.07, 6.45) is 2.78. The Hall–Kier alpha value is -1.96. The molecule has 1 aromatic heterocycles. The molecule has 0 amide bonds. The highest BCUT2D eigenvalue weighted by Gasteiger charge is 2.26. The summed E-state index contributed by atoms with van der Waals surface area (Å²) in [5, 5.41) is 14.3. The van der Waals surface area contributed by atoms with E-state index >= 15 is 0 Å². The van der Waals surface area contributed by atoms with Gasteiger partial charge in [-0.05, 0) is 26.2 Å². The van der Waals surface area contributed by atoms with Gasteiger partial charge in [-0.25, -0.2) is 4.98 Å². The Labute approximate surface area is 123 Å². The fourth-order valence-corrected chi connectivity index (χ4v) is 2.14. The first-order chi connectivity index (χ1) is 10.1. The normalized spacial score (nSPS) is 17.7. The van der Waals surface area contributed by atoms with Gasteiger partial charge < -0.3 is 14.8 Å². The molecule has 1 saturated heterocycles. The lowest BCUT2D eigenvalue weighted by atomic mass is 10.2. The van der Waals surface area contributed by atoms with Crippen LogP contribution in [-0.4, -0.2) is 40.8 Å². The number of nitrogens with one attached hydrogen (secondary N) is 1. The van der Waals surface area contributed by atoms with Crippen molar-refractivity contribution in [2.24, 2.45) is 0 Å². The van der Waals surface area contributed by atoms with Gasteiger partial charge in [0.05, 0.1) is 17.6 Å². The largest absolute Gasteiger partial charge is 0.473 e. The van der Waals surface area contributed by atoms with E-state index in [1.165, 1.54) is 0 Å². The lowest BCUT2D eigenvalue weighted by Gasteiger charge is -2.13. The molecule has 0 aromatic carbocycles. The molecule has 0 spiro atoms. The monoisotopic (exact) mass is 296 g/mol. The Bertz CT molecular complexity index is 503. The molecule has 21 heavy (non-hydrogen) atoms. The molecule has 8 nitrogen and oxygen atoms in total. The number of aryl methyl sites for hydroxylation is 1. The summed E-state index contributed by atoms with van der Waals surface area (Å²) in [6, 6.07) is 0. The molecule has 8 heteroatoms. The fourth-order valence-electron chi connectivity index (χ4n) is 2.14. The second-order valence-electron chi connectivity index (χ2n) is 4.89. The van der Waals surface area contributed by atoms with Crippen molar-refractivity contribution in [3.05, 3.63) is 15.9 Å². The fraction of sp³-hybridized carbons (Fsp3) is 0.692. The molecule has 1 fully saturated rings. The van der Waals surface area contributed by atoms with Crippen LogP contribution < -0.4 is 10.1 Å². The zero-order valence-electron chi connectivity index (χ0n) is 12.3. The summed E-state index contributed by atoms with van der Waals surface area (Å²) in [5.41, 5.74) is -0.216. The summed E-state index contributed by atoms with van der Waals surface area (Å²) in [4.78, 5) is 18.9. The zero-order chi connectivity index (χ0) is 15.2. The molecule has 0 aliphatic carbocycles. The predicted molar refractivity (Wildman–Crippen MR) is 76.7 cm³/mol. The second kappa shape index (κ2) is 7.16. The van der Waals surface area contributed by atoms with Crippen LogP contribution in [0.5, 0.6) is 5.88 Å². The molecular formula is C13H20N4O4. The summed E-state index contributed by atoms with van der Waals surface area (Å²) < 4.78 is 10.9. The van der Waals surface area contributed by atoms with Crippen LogP contribution in [0.25, 0.3) is 0 Å². The maximum absolute atomic E-state index is 11.3. The topological polar surface area (TPSA) is 99.4 Å². The Balaban J connectivity index is 2.20. The van der Waals surface area contributed by atoms with Gasteiger partial charge in [0.25, 0.3) is 5.88 Å². The van der Waals surface area contributed by atoms with E-state index in [1.54, 1.807) is 6.92 Å². The first kappa shape index (κ1) is 15.4. The molecule has 1 aromatic rings. The smallest absolute Gasteiger partial charge is 0.372 e. The van der Waals surface area contributed by atoms with Crippen LogP contribution in [0, 0.1) is 17.0 Å². The Morgan fingerprint density at radius 2 is 2.33 bits per heavy atom. The van der Waals surface area contributed by atoms with Crippen molar-refractivity contribution in [2.75, 3.05) is 25.1 Å². The highest BCUT2D eigenvalue weighted by Crippen LogP contribution is 2.32. The zero-order valence-corrected chi connectivity index (χ0v) is 12.3. The van der Waals surface area contributed by atoms with Crippen molar-refractivity contribution in [3.63, 3.8) is 0 Å². The minimum absolute atomic E-state index is 0.0178. The number of nitro groups is 1. The van der Waals surface area contributed by atoms with Gasteiger partial charge in [0.15, 0.2) is 0 Å². The average Bonchev–Trinajstić information content (AvgIpc) is 2.95. The number of nitrogens with zero attached hydrogens (tertiary/aromatic N) is 3. The van der Waals surface area contributed by atoms with Crippen LogP contribution in [-0.2, 0) is 4.74 Å². The molecule has 2 heterocycles. The summed E-state index contributed by atoms with van der Waals surface area (Å²) in [5.74, 6) is 0.639. The first-order valence-corrected chi connectivity index (χ1v) is 7.13. The number of hydrogen-bond acceptors (Lipinski definition) is 7. The van der Waals surface area contributed by atoms with E-state index in [0.29, 0.717) is 19.0 Å². The summed E-state index contributed by atoms with van der Waals surface area (Å²) in [6.45, 7) is 5.21. The van der Waals surface area contributed by atoms with Crippen LogP contribution in [0.2, 0.25) is 0 Å². The quantitative estimate of drug-likeness (QED) is 0.607. The van der Waals surface area contributed by atoms with E-state index in [1.807, 2.05) is 6.92 Å².